The second-order valence-corrected chi connectivity index (χ2v) is 6.37. The molecule has 4 aliphatic rings. The van der Waals surface area contributed by atoms with Crippen molar-refractivity contribution in [3.05, 3.63) is 12.2 Å². The zero-order valence-electron chi connectivity index (χ0n) is 13.1. The molecule has 0 spiro atoms. The van der Waals surface area contributed by atoms with Crippen molar-refractivity contribution < 1.29 is 38.9 Å². The molecule has 0 aromatic carbocycles. The Morgan fingerprint density at radius 2 is 1.71 bits per heavy atom. The van der Waals surface area contributed by atoms with E-state index in [1.807, 2.05) is 0 Å². The molecular formula is C16H18F2O6. The molecule has 0 saturated heterocycles. The van der Waals surface area contributed by atoms with Crippen LogP contribution in [0, 0.1) is 23.7 Å². The molecule has 8 heteroatoms. The molecule has 0 bridgehead atoms. The Kier molecular flexibility index (Phi) is 3.62. The number of rotatable bonds is 2. The van der Waals surface area contributed by atoms with Crippen molar-refractivity contribution in [2.24, 2.45) is 23.7 Å². The lowest BCUT2D eigenvalue weighted by molar-refractivity contribution is -0.151. The van der Waals surface area contributed by atoms with Crippen LogP contribution in [-0.2, 0) is 28.7 Å². The van der Waals surface area contributed by atoms with E-state index >= 15 is 0 Å². The van der Waals surface area contributed by atoms with E-state index in [0.717, 1.165) is 14.2 Å². The van der Waals surface area contributed by atoms with E-state index in [1.54, 1.807) is 0 Å². The van der Waals surface area contributed by atoms with E-state index < -0.39 is 46.9 Å². The van der Waals surface area contributed by atoms with E-state index in [1.165, 1.54) is 12.2 Å². The number of carbonyl (C=O) groups is 4. The first-order valence-electron chi connectivity index (χ1n) is 7.54. The molecular weight excluding hydrogens is 326 g/mol. The number of halogens is 2. The smallest absolute Gasteiger partial charge is 0.345 e. The van der Waals surface area contributed by atoms with Gasteiger partial charge in [-0.25, -0.2) is 18.4 Å². The summed E-state index contributed by atoms with van der Waals surface area (Å²) in [6.45, 7) is 0. The minimum Gasteiger partial charge on any atom is -0.467 e. The summed E-state index contributed by atoms with van der Waals surface area (Å²) in [6.07, 6.45) is 3.66. The molecule has 24 heavy (non-hydrogen) atoms. The van der Waals surface area contributed by atoms with Crippen molar-refractivity contribution in [3.8, 4) is 0 Å². The number of hydrogen-bond donors (Lipinski definition) is 0. The maximum atomic E-state index is 13.6. The van der Waals surface area contributed by atoms with Gasteiger partial charge in [0.25, 0.3) is 0 Å². The van der Waals surface area contributed by atoms with Gasteiger partial charge in [-0.3, -0.25) is 9.59 Å². The number of alkyl halides is 2. The average Bonchev–Trinajstić information content (AvgIpc) is 3.16. The standard InChI is InChI=1S/C8H9FO3.C8H7FO3.H2/c2*1-12-7(11)8(9)4-2-3-5(10)6(4)8;/h4,6H,2-3H2,1H3;2-4,6H,1H3;1H/t2*4-,6-,8-;/m11./s1. The van der Waals surface area contributed by atoms with Crippen LogP contribution in [0.25, 0.3) is 0 Å². The van der Waals surface area contributed by atoms with Gasteiger partial charge in [0, 0.05) is 19.7 Å². The van der Waals surface area contributed by atoms with Crippen LogP contribution >= 0.6 is 0 Å². The predicted molar refractivity (Wildman–Crippen MR) is 76.2 cm³/mol. The highest BCUT2D eigenvalue weighted by molar-refractivity contribution is 6.06. The second kappa shape index (κ2) is 5.19. The Hall–Kier alpha value is -2.12. The number of methoxy groups -OCH3 is 2. The molecule has 132 valence electrons. The van der Waals surface area contributed by atoms with Crippen LogP contribution < -0.4 is 0 Å². The Morgan fingerprint density at radius 3 is 2.12 bits per heavy atom. The van der Waals surface area contributed by atoms with Gasteiger partial charge in [0.05, 0.1) is 26.1 Å². The number of hydrogen-bond acceptors (Lipinski definition) is 6. The zero-order chi connectivity index (χ0) is 17.9. The highest BCUT2D eigenvalue weighted by Gasteiger charge is 2.77. The Balaban J connectivity index is 0.000000173. The van der Waals surface area contributed by atoms with Crippen LogP contribution in [0.2, 0.25) is 0 Å². The first-order chi connectivity index (χ1) is 11.2. The van der Waals surface area contributed by atoms with E-state index in [4.69, 9.17) is 0 Å². The van der Waals surface area contributed by atoms with Crippen LogP contribution in [0.4, 0.5) is 8.78 Å². The molecule has 3 saturated carbocycles. The van der Waals surface area contributed by atoms with Gasteiger partial charge < -0.3 is 9.47 Å². The monoisotopic (exact) mass is 344 g/mol. The third-order valence-corrected chi connectivity index (χ3v) is 5.29. The van der Waals surface area contributed by atoms with E-state index in [0.29, 0.717) is 12.8 Å². The molecule has 0 aliphatic heterocycles. The van der Waals surface area contributed by atoms with Gasteiger partial charge in [-0.2, -0.15) is 0 Å². The maximum absolute atomic E-state index is 13.6. The largest absolute Gasteiger partial charge is 0.467 e. The van der Waals surface area contributed by atoms with Crippen molar-refractivity contribution in [1.29, 1.82) is 0 Å². The fourth-order valence-electron chi connectivity index (χ4n) is 3.89. The lowest BCUT2D eigenvalue weighted by Gasteiger charge is -2.06. The van der Waals surface area contributed by atoms with E-state index in [2.05, 4.69) is 9.47 Å². The predicted octanol–water partition coefficient (Wildman–Crippen LogP) is 0.975. The number of ketones is 2. The minimum absolute atomic E-state index is 0. The summed E-state index contributed by atoms with van der Waals surface area (Å²) in [7, 11) is 2.26. The lowest BCUT2D eigenvalue weighted by Crippen LogP contribution is -2.26. The molecule has 4 aliphatic carbocycles. The van der Waals surface area contributed by atoms with Crippen LogP contribution in [0.1, 0.15) is 14.3 Å². The Bertz CT molecular complexity index is 680. The highest BCUT2D eigenvalue weighted by atomic mass is 19.2. The van der Waals surface area contributed by atoms with Crippen molar-refractivity contribution in [3.63, 3.8) is 0 Å². The first-order valence-corrected chi connectivity index (χ1v) is 7.54. The quantitative estimate of drug-likeness (QED) is 0.694. The van der Waals surface area contributed by atoms with Gasteiger partial charge in [0.1, 0.15) is 5.78 Å². The number of ether oxygens (including phenoxy) is 2. The maximum Gasteiger partial charge on any atom is 0.345 e. The van der Waals surface area contributed by atoms with Crippen molar-refractivity contribution in [2.45, 2.75) is 24.2 Å². The molecule has 6 nitrogen and oxygen atoms in total. The summed E-state index contributed by atoms with van der Waals surface area (Å²) in [4.78, 5) is 43.7. The van der Waals surface area contributed by atoms with Crippen LogP contribution in [0.3, 0.4) is 0 Å². The molecule has 0 radical (unpaired) electrons. The Labute approximate surface area is 137 Å². The van der Waals surface area contributed by atoms with Gasteiger partial charge >= 0.3 is 11.9 Å². The summed E-state index contributed by atoms with van der Waals surface area (Å²) >= 11 is 0. The summed E-state index contributed by atoms with van der Waals surface area (Å²) in [5.74, 6) is -4.72. The number of carbonyl (C=O) groups excluding carboxylic acids is 4. The molecule has 3 fully saturated rings. The van der Waals surface area contributed by atoms with Gasteiger partial charge in [0.15, 0.2) is 5.78 Å². The summed E-state index contributed by atoms with van der Waals surface area (Å²) in [6, 6.07) is 0. The van der Waals surface area contributed by atoms with Crippen LogP contribution in [-0.4, -0.2) is 49.1 Å². The molecule has 0 aromatic heterocycles. The van der Waals surface area contributed by atoms with Crippen molar-refractivity contribution >= 4 is 23.5 Å². The van der Waals surface area contributed by atoms with E-state index in [-0.39, 0.29) is 13.0 Å². The lowest BCUT2D eigenvalue weighted by atomic mass is 10.1. The summed E-state index contributed by atoms with van der Waals surface area (Å²) in [5.41, 5.74) is -4.02. The number of Topliss-reactive ketones (excluding diaryl/α,β-unsaturated/α-hetero) is 1. The van der Waals surface area contributed by atoms with Crippen LogP contribution in [0.5, 0.6) is 0 Å². The molecule has 6 atom stereocenters. The SMILES string of the molecule is COC(=O)[C@@]1(F)[C@@H]2C=CC(=O)[C@@H]21.COC(=O)[C@@]1(F)[C@@H]2CCC(=O)[C@@H]21.[HH]. The third kappa shape index (κ3) is 1.98. The second-order valence-electron chi connectivity index (χ2n) is 6.37. The van der Waals surface area contributed by atoms with Gasteiger partial charge in [-0.15, -0.1) is 0 Å². The van der Waals surface area contributed by atoms with Gasteiger partial charge in [-0.1, -0.05) is 6.08 Å². The number of esters is 2. The third-order valence-electron chi connectivity index (χ3n) is 5.29. The molecule has 0 amide bonds. The molecule has 0 aromatic rings. The molecule has 0 heterocycles. The van der Waals surface area contributed by atoms with Gasteiger partial charge in [0.2, 0.25) is 11.3 Å². The molecule has 0 N–H and O–H groups in total. The fourth-order valence-corrected chi connectivity index (χ4v) is 3.89. The Morgan fingerprint density at radius 1 is 1.12 bits per heavy atom. The highest BCUT2D eigenvalue weighted by Crippen LogP contribution is 2.62. The fraction of sp³-hybridized carbons (Fsp3) is 0.625. The number of allylic oxidation sites excluding steroid dienone is 2. The molecule has 0 unspecified atom stereocenters. The van der Waals surface area contributed by atoms with E-state index in [9.17, 15) is 28.0 Å². The topological polar surface area (TPSA) is 86.7 Å². The number of fused-ring (bicyclic) bond motifs is 2. The summed E-state index contributed by atoms with van der Waals surface area (Å²) < 4.78 is 35.6. The molecule has 4 rings (SSSR count). The van der Waals surface area contributed by atoms with Gasteiger partial charge in [-0.05, 0) is 12.5 Å². The average molecular weight is 344 g/mol. The summed E-state index contributed by atoms with van der Waals surface area (Å²) in [5, 5.41) is 0. The van der Waals surface area contributed by atoms with Crippen LogP contribution in [0.15, 0.2) is 12.2 Å². The zero-order valence-corrected chi connectivity index (χ0v) is 13.1. The normalized spacial score (nSPS) is 43.3. The van der Waals surface area contributed by atoms with Crippen molar-refractivity contribution in [2.75, 3.05) is 14.2 Å². The minimum atomic E-state index is -2.05. The van der Waals surface area contributed by atoms with Crippen molar-refractivity contribution in [1.82, 2.24) is 0 Å². The first kappa shape index (κ1) is 16.7.